The maximum atomic E-state index is 12.3. The molecule has 1 amide bonds. The van der Waals surface area contributed by atoms with Gasteiger partial charge in [0.25, 0.3) is 0 Å². The van der Waals surface area contributed by atoms with Gasteiger partial charge in [-0.3, -0.25) is 9.69 Å². The van der Waals surface area contributed by atoms with Crippen molar-refractivity contribution in [3.63, 3.8) is 0 Å². The fourth-order valence-corrected chi connectivity index (χ4v) is 3.24. The summed E-state index contributed by atoms with van der Waals surface area (Å²) in [4.78, 5) is 16.5. The Morgan fingerprint density at radius 2 is 1.82 bits per heavy atom. The zero-order valence-corrected chi connectivity index (χ0v) is 11.1. The minimum atomic E-state index is -0.0119. The van der Waals surface area contributed by atoms with E-state index in [1.807, 2.05) is 11.8 Å². The fraction of sp³-hybridized carbons (Fsp3) is 0.923. The SMILES string of the molecule is CC1CCC(C)N1C(C)C(=O)N1CC(CO)C1. The number of aliphatic hydroxyl groups excluding tert-OH is 1. The Hall–Kier alpha value is -0.610. The average Bonchev–Trinajstić information content (AvgIpc) is 2.56. The summed E-state index contributed by atoms with van der Waals surface area (Å²) in [7, 11) is 0. The molecule has 4 nitrogen and oxygen atoms in total. The standard InChI is InChI=1S/C13H24N2O2/c1-9-4-5-10(2)15(9)11(3)13(17)14-6-12(7-14)8-16/h9-12,16H,4-8H2,1-3H3. The molecule has 0 bridgehead atoms. The lowest BCUT2D eigenvalue weighted by Gasteiger charge is -2.42. The third kappa shape index (κ3) is 2.33. The predicted molar refractivity (Wildman–Crippen MR) is 66.6 cm³/mol. The molecular formula is C13H24N2O2. The van der Waals surface area contributed by atoms with Gasteiger partial charge < -0.3 is 10.0 Å². The quantitative estimate of drug-likeness (QED) is 0.789. The Kier molecular flexibility index (Phi) is 3.73. The van der Waals surface area contributed by atoms with Crippen molar-refractivity contribution in [1.82, 2.24) is 9.80 Å². The molecule has 0 radical (unpaired) electrons. The molecule has 2 aliphatic rings. The average molecular weight is 240 g/mol. The van der Waals surface area contributed by atoms with Gasteiger partial charge >= 0.3 is 0 Å². The Balaban J connectivity index is 1.91. The maximum absolute atomic E-state index is 12.3. The summed E-state index contributed by atoms with van der Waals surface area (Å²) in [5.41, 5.74) is 0. The van der Waals surface area contributed by atoms with Crippen LogP contribution in [0.5, 0.6) is 0 Å². The van der Waals surface area contributed by atoms with E-state index in [4.69, 9.17) is 5.11 Å². The number of amides is 1. The number of nitrogens with zero attached hydrogens (tertiary/aromatic N) is 2. The normalized spacial score (nSPS) is 32.6. The molecule has 0 saturated carbocycles. The van der Waals surface area contributed by atoms with Crippen LogP contribution in [0.25, 0.3) is 0 Å². The van der Waals surface area contributed by atoms with Crippen LogP contribution in [0.3, 0.4) is 0 Å². The number of rotatable bonds is 3. The van der Waals surface area contributed by atoms with Crippen LogP contribution in [0.15, 0.2) is 0 Å². The molecule has 2 rings (SSSR count). The summed E-state index contributed by atoms with van der Waals surface area (Å²) in [6.45, 7) is 8.11. The van der Waals surface area contributed by atoms with Crippen LogP contribution in [0.1, 0.15) is 33.6 Å². The molecule has 0 aliphatic carbocycles. The molecule has 0 aromatic carbocycles. The zero-order valence-electron chi connectivity index (χ0n) is 11.1. The fourth-order valence-electron chi connectivity index (χ4n) is 3.24. The van der Waals surface area contributed by atoms with E-state index >= 15 is 0 Å². The van der Waals surface area contributed by atoms with Gasteiger partial charge in [-0.05, 0) is 33.6 Å². The number of aliphatic hydroxyl groups is 1. The molecule has 2 heterocycles. The molecule has 1 N–H and O–H groups in total. The van der Waals surface area contributed by atoms with Gasteiger partial charge in [-0.2, -0.15) is 0 Å². The first-order chi connectivity index (χ1) is 8.04. The van der Waals surface area contributed by atoms with E-state index in [9.17, 15) is 4.79 Å². The van der Waals surface area contributed by atoms with E-state index in [-0.39, 0.29) is 18.6 Å². The van der Waals surface area contributed by atoms with E-state index in [2.05, 4.69) is 18.7 Å². The van der Waals surface area contributed by atoms with Crippen LogP contribution in [0, 0.1) is 5.92 Å². The molecule has 3 unspecified atom stereocenters. The highest BCUT2D eigenvalue weighted by Gasteiger charge is 2.39. The third-order valence-electron chi connectivity index (χ3n) is 4.35. The molecule has 2 aliphatic heterocycles. The molecule has 0 aromatic heterocycles. The third-order valence-corrected chi connectivity index (χ3v) is 4.35. The van der Waals surface area contributed by atoms with Gasteiger partial charge in [0, 0.05) is 37.7 Å². The summed E-state index contributed by atoms with van der Waals surface area (Å²) in [6, 6.07) is 1.01. The van der Waals surface area contributed by atoms with Gasteiger partial charge in [0.2, 0.25) is 5.91 Å². The van der Waals surface area contributed by atoms with Crippen molar-refractivity contribution in [2.45, 2.75) is 51.7 Å². The zero-order chi connectivity index (χ0) is 12.6. The van der Waals surface area contributed by atoms with Gasteiger partial charge in [-0.1, -0.05) is 0 Å². The summed E-state index contributed by atoms with van der Waals surface area (Å²) in [5.74, 6) is 0.537. The Bertz CT molecular complexity index is 279. The maximum Gasteiger partial charge on any atom is 0.239 e. The highest BCUT2D eigenvalue weighted by atomic mass is 16.3. The van der Waals surface area contributed by atoms with Gasteiger partial charge in [-0.15, -0.1) is 0 Å². The topological polar surface area (TPSA) is 43.8 Å². The number of hydrogen-bond acceptors (Lipinski definition) is 3. The molecule has 3 atom stereocenters. The van der Waals surface area contributed by atoms with Crippen LogP contribution < -0.4 is 0 Å². The first kappa shape index (κ1) is 12.8. The summed E-state index contributed by atoms with van der Waals surface area (Å²) < 4.78 is 0. The molecule has 2 fully saturated rings. The van der Waals surface area contributed by atoms with E-state index in [1.54, 1.807) is 0 Å². The van der Waals surface area contributed by atoms with Crippen molar-refractivity contribution in [2.24, 2.45) is 5.92 Å². The monoisotopic (exact) mass is 240 g/mol. The largest absolute Gasteiger partial charge is 0.396 e. The van der Waals surface area contributed by atoms with Crippen LogP contribution in [0.4, 0.5) is 0 Å². The van der Waals surface area contributed by atoms with E-state index in [0.29, 0.717) is 18.0 Å². The molecule has 98 valence electrons. The Morgan fingerprint density at radius 3 is 2.29 bits per heavy atom. The van der Waals surface area contributed by atoms with Gasteiger partial charge in [0.15, 0.2) is 0 Å². The number of carbonyl (C=O) groups is 1. The lowest BCUT2D eigenvalue weighted by molar-refractivity contribution is -0.144. The molecule has 4 heteroatoms. The molecular weight excluding hydrogens is 216 g/mol. The van der Waals surface area contributed by atoms with Gasteiger partial charge in [-0.25, -0.2) is 0 Å². The molecule has 0 spiro atoms. The first-order valence-corrected chi connectivity index (χ1v) is 6.71. The lowest BCUT2D eigenvalue weighted by Crippen LogP contribution is -2.58. The highest BCUT2D eigenvalue weighted by Crippen LogP contribution is 2.27. The van der Waals surface area contributed by atoms with Crippen LogP contribution in [0.2, 0.25) is 0 Å². The second kappa shape index (κ2) is 4.94. The predicted octanol–water partition coefficient (Wildman–Crippen LogP) is 0.698. The van der Waals surface area contributed by atoms with Crippen molar-refractivity contribution in [1.29, 1.82) is 0 Å². The minimum Gasteiger partial charge on any atom is -0.396 e. The minimum absolute atomic E-state index is 0.0119. The number of hydrogen-bond donors (Lipinski definition) is 1. The van der Waals surface area contributed by atoms with Crippen LogP contribution >= 0.6 is 0 Å². The highest BCUT2D eigenvalue weighted by molar-refractivity contribution is 5.82. The van der Waals surface area contributed by atoms with Crippen molar-refractivity contribution >= 4 is 5.91 Å². The van der Waals surface area contributed by atoms with Gasteiger partial charge in [0.05, 0.1) is 6.04 Å². The number of carbonyl (C=O) groups excluding carboxylic acids is 1. The Morgan fingerprint density at radius 1 is 1.29 bits per heavy atom. The van der Waals surface area contributed by atoms with Gasteiger partial charge in [0.1, 0.15) is 0 Å². The van der Waals surface area contributed by atoms with E-state index in [1.165, 1.54) is 12.8 Å². The smallest absolute Gasteiger partial charge is 0.239 e. The summed E-state index contributed by atoms with van der Waals surface area (Å²) in [6.07, 6.45) is 2.39. The summed E-state index contributed by atoms with van der Waals surface area (Å²) >= 11 is 0. The number of likely N-dealkylation sites (tertiary alicyclic amines) is 2. The molecule has 0 aromatic rings. The van der Waals surface area contributed by atoms with Crippen molar-refractivity contribution < 1.29 is 9.90 Å². The molecule has 17 heavy (non-hydrogen) atoms. The Labute approximate surface area is 104 Å². The lowest BCUT2D eigenvalue weighted by atomic mass is 10.00. The summed E-state index contributed by atoms with van der Waals surface area (Å²) in [5, 5.41) is 8.97. The second-order valence-corrected chi connectivity index (χ2v) is 5.69. The van der Waals surface area contributed by atoms with Crippen LogP contribution in [-0.4, -0.2) is 58.6 Å². The van der Waals surface area contributed by atoms with Crippen molar-refractivity contribution in [2.75, 3.05) is 19.7 Å². The van der Waals surface area contributed by atoms with Crippen LogP contribution in [-0.2, 0) is 4.79 Å². The molecule has 2 saturated heterocycles. The first-order valence-electron chi connectivity index (χ1n) is 6.71. The van der Waals surface area contributed by atoms with E-state index < -0.39 is 0 Å². The van der Waals surface area contributed by atoms with E-state index in [0.717, 1.165) is 13.1 Å². The second-order valence-electron chi connectivity index (χ2n) is 5.69. The van der Waals surface area contributed by atoms with Crippen molar-refractivity contribution in [3.8, 4) is 0 Å². The van der Waals surface area contributed by atoms with Crippen molar-refractivity contribution in [3.05, 3.63) is 0 Å².